The lowest BCUT2D eigenvalue weighted by atomic mass is 10.2. The van der Waals surface area contributed by atoms with E-state index >= 15 is 0 Å². The normalized spacial score (nSPS) is 17.8. The fraction of sp³-hybridized carbons (Fsp3) is 0.235. The third-order valence-electron chi connectivity index (χ3n) is 3.88. The van der Waals surface area contributed by atoms with Crippen molar-refractivity contribution in [2.45, 2.75) is 28.1 Å². The molecule has 25 heavy (non-hydrogen) atoms. The first kappa shape index (κ1) is 17.6. The van der Waals surface area contributed by atoms with Gasteiger partial charge in [-0.05, 0) is 24.3 Å². The van der Waals surface area contributed by atoms with Gasteiger partial charge in [-0.1, -0.05) is 41.6 Å². The molecule has 0 amide bonds. The van der Waals surface area contributed by atoms with Gasteiger partial charge in [0.15, 0.2) is 9.84 Å². The van der Waals surface area contributed by atoms with Gasteiger partial charge in [-0.2, -0.15) is 0 Å². The smallest absolute Gasteiger partial charge is 0.236 e. The Morgan fingerprint density at radius 1 is 0.880 bits per heavy atom. The molecule has 1 unspecified atom stereocenters. The van der Waals surface area contributed by atoms with E-state index in [-0.39, 0.29) is 28.4 Å². The first-order valence-corrected chi connectivity index (χ1v) is 10.9. The van der Waals surface area contributed by atoms with Gasteiger partial charge in [0.05, 0.1) is 21.3 Å². The molecule has 0 bridgehead atoms. The van der Waals surface area contributed by atoms with E-state index in [1.54, 1.807) is 36.4 Å². The molecule has 2 aromatic carbocycles. The Kier molecular flexibility index (Phi) is 4.91. The van der Waals surface area contributed by atoms with Crippen LogP contribution in [0, 0.1) is 0 Å². The van der Waals surface area contributed by atoms with Crippen molar-refractivity contribution in [3.05, 3.63) is 60.7 Å². The highest BCUT2D eigenvalue weighted by atomic mass is 32.2. The molecule has 3 rings (SSSR count). The molecule has 2 aromatic rings. The van der Waals surface area contributed by atoms with E-state index in [2.05, 4.69) is 5.16 Å². The summed E-state index contributed by atoms with van der Waals surface area (Å²) in [5, 5.41) is 3.78. The third kappa shape index (κ3) is 3.91. The summed E-state index contributed by atoms with van der Waals surface area (Å²) >= 11 is 0. The highest BCUT2D eigenvalue weighted by Gasteiger charge is 2.35. The first-order valence-electron chi connectivity index (χ1n) is 7.68. The van der Waals surface area contributed by atoms with Crippen molar-refractivity contribution in [3.63, 3.8) is 0 Å². The van der Waals surface area contributed by atoms with Gasteiger partial charge < -0.3 is 4.84 Å². The Labute approximate surface area is 147 Å². The number of rotatable bonds is 6. The number of benzene rings is 2. The van der Waals surface area contributed by atoms with Crippen LogP contribution >= 0.6 is 0 Å². The molecule has 0 fully saturated rings. The Balaban J connectivity index is 1.64. The van der Waals surface area contributed by atoms with Crippen LogP contribution in [0.5, 0.6) is 0 Å². The molecule has 132 valence electrons. The topological polar surface area (TPSA) is 89.9 Å². The summed E-state index contributed by atoms with van der Waals surface area (Å²) in [7, 11) is -7.10. The SMILES string of the molecule is O=S(=O)(CCC1=NOC(S(=O)(=O)c2ccccc2)C1)c1ccccc1. The lowest BCUT2D eigenvalue weighted by Gasteiger charge is -2.09. The van der Waals surface area contributed by atoms with E-state index in [0.717, 1.165) is 0 Å². The summed E-state index contributed by atoms with van der Waals surface area (Å²) in [5.41, 5.74) is -0.673. The third-order valence-corrected chi connectivity index (χ3v) is 7.49. The van der Waals surface area contributed by atoms with Crippen LogP contribution in [0.2, 0.25) is 0 Å². The molecule has 0 N–H and O–H groups in total. The highest BCUT2D eigenvalue weighted by Crippen LogP contribution is 2.25. The van der Waals surface area contributed by atoms with E-state index < -0.39 is 25.1 Å². The quantitative estimate of drug-likeness (QED) is 0.769. The zero-order valence-corrected chi connectivity index (χ0v) is 14.9. The van der Waals surface area contributed by atoms with Crippen molar-refractivity contribution in [2.75, 3.05) is 5.75 Å². The maximum Gasteiger partial charge on any atom is 0.236 e. The molecule has 6 nitrogen and oxygen atoms in total. The van der Waals surface area contributed by atoms with Crippen LogP contribution in [0.1, 0.15) is 12.8 Å². The van der Waals surface area contributed by atoms with Crippen LogP contribution in [-0.4, -0.2) is 33.7 Å². The maximum atomic E-state index is 12.5. The molecule has 0 spiro atoms. The molecule has 0 saturated carbocycles. The van der Waals surface area contributed by atoms with Gasteiger partial charge in [0.1, 0.15) is 0 Å². The maximum absolute atomic E-state index is 12.5. The number of nitrogens with zero attached hydrogens (tertiary/aromatic N) is 1. The van der Waals surface area contributed by atoms with Crippen LogP contribution < -0.4 is 0 Å². The van der Waals surface area contributed by atoms with Gasteiger partial charge in [-0.15, -0.1) is 0 Å². The van der Waals surface area contributed by atoms with Crippen molar-refractivity contribution in [1.82, 2.24) is 0 Å². The summed E-state index contributed by atoms with van der Waals surface area (Å²) in [5.74, 6) is -0.142. The van der Waals surface area contributed by atoms with E-state index in [0.29, 0.717) is 5.71 Å². The largest absolute Gasteiger partial charge is 0.375 e. The summed E-state index contributed by atoms with van der Waals surface area (Å²) in [6, 6.07) is 16.1. The molecule has 0 aliphatic carbocycles. The fourth-order valence-corrected chi connectivity index (χ4v) is 5.19. The Morgan fingerprint density at radius 3 is 2.04 bits per heavy atom. The summed E-state index contributed by atoms with van der Waals surface area (Å²) < 4.78 is 49.5. The number of hydrogen-bond acceptors (Lipinski definition) is 6. The Bertz CT molecular complexity index is 968. The van der Waals surface area contributed by atoms with Gasteiger partial charge in [0, 0.05) is 12.8 Å². The highest BCUT2D eigenvalue weighted by molar-refractivity contribution is 7.92. The fourth-order valence-electron chi connectivity index (χ4n) is 2.47. The molecular formula is C17H17NO5S2. The first-order chi connectivity index (χ1) is 11.9. The van der Waals surface area contributed by atoms with E-state index in [9.17, 15) is 16.8 Å². The molecule has 1 aliphatic rings. The second kappa shape index (κ2) is 6.97. The lowest BCUT2D eigenvalue weighted by Crippen LogP contribution is -2.22. The van der Waals surface area contributed by atoms with Crippen LogP contribution in [0.3, 0.4) is 0 Å². The van der Waals surface area contributed by atoms with Gasteiger partial charge in [0.2, 0.25) is 15.3 Å². The minimum Gasteiger partial charge on any atom is -0.375 e. The number of sulfone groups is 2. The predicted octanol–water partition coefficient (Wildman–Crippen LogP) is 2.43. The standard InChI is InChI=1S/C17H17NO5S2/c19-24(20,15-7-3-1-4-8-15)12-11-14-13-17(23-18-14)25(21,22)16-9-5-2-6-10-16/h1-10,17H,11-13H2. The zero-order valence-electron chi connectivity index (χ0n) is 13.3. The van der Waals surface area contributed by atoms with Crippen LogP contribution in [0.15, 0.2) is 75.6 Å². The number of oxime groups is 1. The van der Waals surface area contributed by atoms with Gasteiger partial charge in [0.25, 0.3) is 0 Å². The van der Waals surface area contributed by atoms with Crippen molar-refractivity contribution in [2.24, 2.45) is 5.16 Å². The Hall–Kier alpha value is -2.19. The molecule has 8 heteroatoms. The van der Waals surface area contributed by atoms with E-state index in [4.69, 9.17) is 4.84 Å². The Morgan fingerprint density at radius 2 is 1.44 bits per heavy atom. The van der Waals surface area contributed by atoms with Gasteiger partial charge >= 0.3 is 0 Å². The van der Waals surface area contributed by atoms with Crippen LogP contribution in [0.25, 0.3) is 0 Å². The molecule has 1 atom stereocenters. The van der Waals surface area contributed by atoms with E-state index in [1.165, 1.54) is 24.3 Å². The summed E-state index contributed by atoms with van der Waals surface area (Å²) in [6.45, 7) is 0. The predicted molar refractivity (Wildman–Crippen MR) is 93.7 cm³/mol. The molecular weight excluding hydrogens is 362 g/mol. The number of hydrogen-bond donors (Lipinski definition) is 0. The second-order valence-electron chi connectivity index (χ2n) is 5.64. The van der Waals surface area contributed by atoms with Crippen LogP contribution in [0.4, 0.5) is 0 Å². The average Bonchev–Trinajstić information content (AvgIpc) is 3.12. The molecule has 1 heterocycles. The second-order valence-corrected chi connectivity index (χ2v) is 9.83. The summed E-state index contributed by atoms with van der Waals surface area (Å²) in [4.78, 5) is 5.46. The zero-order chi connectivity index (χ0) is 17.9. The van der Waals surface area contributed by atoms with Gasteiger partial charge in [-0.3, -0.25) is 0 Å². The molecule has 0 saturated heterocycles. The van der Waals surface area contributed by atoms with Gasteiger partial charge in [-0.25, -0.2) is 16.8 Å². The van der Waals surface area contributed by atoms with Crippen LogP contribution in [-0.2, 0) is 24.5 Å². The molecule has 1 aliphatic heterocycles. The minimum atomic E-state index is -3.66. The van der Waals surface area contributed by atoms with E-state index in [1.807, 2.05) is 0 Å². The van der Waals surface area contributed by atoms with Crippen molar-refractivity contribution < 1.29 is 21.7 Å². The van der Waals surface area contributed by atoms with Crippen molar-refractivity contribution >= 4 is 25.4 Å². The van der Waals surface area contributed by atoms with Crippen molar-refractivity contribution in [1.29, 1.82) is 0 Å². The minimum absolute atomic E-state index is 0.0710. The average molecular weight is 379 g/mol. The lowest BCUT2D eigenvalue weighted by molar-refractivity contribution is 0.140. The van der Waals surface area contributed by atoms with Crippen molar-refractivity contribution in [3.8, 4) is 0 Å². The summed E-state index contributed by atoms with van der Waals surface area (Å²) in [6.07, 6.45) is 0.208. The monoisotopic (exact) mass is 379 g/mol. The molecule has 0 radical (unpaired) electrons. The molecule has 0 aromatic heterocycles.